The van der Waals surface area contributed by atoms with E-state index in [1.807, 2.05) is 12.3 Å². The van der Waals surface area contributed by atoms with Gasteiger partial charge < -0.3 is 9.80 Å². The molecular formula is C27H26N4. The Morgan fingerprint density at radius 3 is 2.00 bits per heavy atom. The fourth-order valence-corrected chi connectivity index (χ4v) is 4.48. The summed E-state index contributed by atoms with van der Waals surface area (Å²) in [5.41, 5.74) is 9.25. The largest absolute Gasteiger partial charge is 0.305 e. The SMILES string of the molecule is Cc1cc(C)cc(N2CN(c3ccccc3)c3nc(-c4c(C)cccc4C)cnc32)c1. The van der Waals surface area contributed by atoms with Gasteiger partial charge in [0.2, 0.25) is 0 Å². The number of fused-ring (bicyclic) bond motifs is 1. The summed E-state index contributed by atoms with van der Waals surface area (Å²) in [5, 5.41) is 0. The van der Waals surface area contributed by atoms with Crippen molar-refractivity contribution in [1.29, 1.82) is 0 Å². The van der Waals surface area contributed by atoms with Gasteiger partial charge in [0.25, 0.3) is 0 Å². The Hall–Kier alpha value is -3.66. The molecule has 31 heavy (non-hydrogen) atoms. The van der Waals surface area contributed by atoms with E-state index in [1.165, 1.54) is 22.3 Å². The third-order valence-electron chi connectivity index (χ3n) is 5.85. The minimum atomic E-state index is 0.679. The summed E-state index contributed by atoms with van der Waals surface area (Å²) >= 11 is 0. The maximum atomic E-state index is 5.15. The molecule has 0 aliphatic carbocycles. The molecule has 0 bridgehead atoms. The number of nitrogens with zero attached hydrogens (tertiary/aromatic N) is 4. The molecule has 0 radical (unpaired) electrons. The number of benzene rings is 3. The standard InChI is InChI=1S/C27H26N4/c1-18-13-19(2)15-23(14-18)31-17-30(22-11-6-5-7-12-22)27-26(31)28-16-24(29-27)25-20(3)9-8-10-21(25)4/h5-16H,17H2,1-4H3. The summed E-state index contributed by atoms with van der Waals surface area (Å²) in [4.78, 5) is 14.6. The van der Waals surface area contributed by atoms with E-state index < -0.39 is 0 Å². The number of aromatic nitrogens is 2. The number of hydrogen-bond donors (Lipinski definition) is 0. The molecule has 5 rings (SSSR count). The van der Waals surface area contributed by atoms with Crippen LogP contribution in [0.4, 0.5) is 23.0 Å². The number of hydrogen-bond acceptors (Lipinski definition) is 4. The molecule has 0 spiro atoms. The van der Waals surface area contributed by atoms with Crippen LogP contribution in [0.3, 0.4) is 0 Å². The van der Waals surface area contributed by atoms with E-state index in [-0.39, 0.29) is 0 Å². The third-order valence-corrected chi connectivity index (χ3v) is 5.85. The van der Waals surface area contributed by atoms with Gasteiger partial charge in [-0.15, -0.1) is 0 Å². The van der Waals surface area contributed by atoms with Crippen molar-refractivity contribution < 1.29 is 0 Å². The molecule has 0 fully saturated rings. The summed E-state index contributed by atoms with van der Waals surface area (Å²) < 4.78 is 0. The maximum Gasteiger partial charge on any atom is 0.179 e. The number of rotatable bonds is 3. The number of aryl methyl sites for hydroxylation is 4. The highest BCUT2D eigenvalue weighted by Gasteiger charge is 2.31. The molecule has 2 heterocycles. The Labute approximate surface area is 183 Å². The predicted octanol–water partition coefficient (Wildman–Crippen LogP) is 6.62. The molecule has 3 aromatic carbocycles. The lowest BCUT2D eigenvalue weighted by atomic mass is 10.0. The molecule has 4 aromatic rings. The summed E-state index contributed by atoms with van der Waals surface area (Å²) in [6.07, 6.45) is 1.91. The van der Waals surface area contributed by atoms with Gasteiger partial charge in [0.15, 0.2) is 11.6 Å². The van der Waals surface area contributed by atoms with Crippen LogP contribution in [0.25, 0.3) is 11.3 Å². The average Bonchev–Trinajstić information content (AvgIpc) is 3.13. The number of anilines is 4. The molecule has 154 valence electrons. The molecule has 0 atom stereocenters. The second-order valence-corrected chi connectivity index (χ2v) is 8.35. The maximum absolute atomic E-state index is 5.15. The molecule has 1 aromatic heterocycles. The van der Waals surface area contributed by atoms with Crippen molar-refractivity contribution in [1.82, 2.24) is 9.97 Å². The van der Waals surface area contributed by atoms with E-state index in [0.717, 1.165) is 34.3 Å². The van der Waals surface area contributed by atoms with Crippen LogP contribution in [0.1, 0.15) is 22.3 Å². The predicted molar refractivity (Wildman–Crippen MR) is 128 cm³/mol. The zero-order chi connectivity index (χ0) is 21.5. The molecule has 0 saturated heterocycles. The first-order valence-corrected chi connectivity index (χ1v) is 10.6. The van der Waals surface area contributed by atoms with Gasteiger partial charge in [0.1, 0.15) is 6.67 Å². The fourth-order valence-electron chi connectivity index (χ4n) is 4.48. The van der Waals surface area contributed by atoms with E-state index in [0.29, 0.717) is 6.67 Å². The quantitative estimate of drug-likeness (QED) is 0.382. The summed E-state index contributed by atoms with van der Waals surface area (Å²) in [5.74, 6) is 1.79. The first-order valence-electron chi connectivity index (χ1n) is 10.6. The van der Waals surface area contributed by atoms with Gasteiger partial charge in [-0.1, -0.05) is 42.5 Å². The molecule has 4 heteroatoms. The topological polar surface area (TPSA) is 32.3 Å². The summed E-state index contributed by atoms with van der Waals surface area (Å²) in [7, 11) is 0. The van der Waals surface area contributed by atoms with Crippen molar-refractivity contribution in [2.24, 2.45) is 0 Å². The second kappa shape index (κ2) is 7.55. The lowest BCUT2D eigenvalue weighted by molar-refractivity contribution is 0.974. The van der Waals surface area contributed by atoms with Crippen molar-refractivity contribution in [3.8, 4) is 11.3 Å². The van der Waals surface area contributed by atoms with Crippen LogP contribution in [0.5, 0.6) is 0 Å². The molecule has 0 N–H and O–H groups in total. The van der Waals surface area contributed by atoms with E-state index in [4.69, 9.17) is 9.97 Å². The fraction of sp³-hybridized carbons (Fsp3) is 0.185. The summed E-state index contributed by atoms with van der Waals surface area (Å²) in [6, 6.07) is 23.4. The highest BCUT2D eigenvalue weighted by Crippen LogP contribution is 2.43. The van der Waals surface area contributed by atoms with E-state index in [2.05, 4.69) is 98.2 Å². The average molecular weight is 407 g/mol. The van der Waals surface area contributed by atoms with Crippen LogP contribution in [0.15, 0.2) is 72.9 Å². The van der Waals surface area contributed by atoms with Gasteiger partial charge in [0, 0.05) is 16.9 Å². The smallest absolute Gasteiger partial charge is 0.179 e. The molecule has 4 nitrogen and oxygen atoms in total. The lowest BCUT2D eigenvalue weighted by Gasteiger charge is -2.21. The van der Waals surface area contributed by atoms with Crippen molar-refractivity contribution in [3.05, 3.63) is 95.2 Å². The first kappa shape index (κ1) is 19.3. The molecule has 0 unspecified atom stereocenters. The highest BCUT2D eigenvalue weighted by molar-refractivity contribution is 5.84. The van der Waals surface area contributed by atoms with Crippen LogP contribution in [0, 0.1) is 27.7 Å². The molecule has 0 saturated carbocycles. The normalized spacial score (nSPS) is 12.9. The Morgan fingerprint density at radius 2 is 1.32 bits per heavy atom. The van der Waals surface area contributed by atoms with E-state index >= 15 is 0 Å². The van der Waals surface area contributed by atoms with E-state index in [9.17, 15) is 0 Å². The van der Waals surface area contributed by atoms with Gasteiger partial charge in [-0.3, -0.25) is 0 Å². The minimum absolute atomic E-state index is 0.679. The van der Waals surface area contributed by atoms with Crippen molar-refractivity contribution >= 4 is 23.0 Å². The Balaban J connectivity index is 1.68. The minimum Gasteiger partial charge on any atom is -0.305 e. The van der Waals surface area contributed by atoms with Crippen LogP contribution in [0.2, 0.25) is 0 Å². The first-order chi connectivity index (χ1) is 15.0. The molecule has 1 aliphatic rings. The van der Waals surface area contributed by atoms with Gasteiger partial charge in [-0.2, -0.15) is 0 Å². The lowest BCUT2D eigenvalue weighted by Crippen LogP contribution is -2.24. The zero-order valence-electron chi connectivity index (χ0n) is 18.4. The van der Waals surface area contributed by atoms with Gasteiger partial charge in [0.05, 0.1) is 11.9 Å². The van der Waals surface area contributed by atoms with E-state index in [1.54, 1.807) is 0 Å². The summed E-state index contributed by atoms with van der Waals surface area (Å²) in [6.45, 7) is 9.22. The van der Waals surface area contributed by atoms with Crippen LogP contribution >= 0.6 is 0 Å². The zero-order valence-corrected chi connectivity index (χ0v) is 18.4. The highest BCUT2D eigenvalue weighted by atomic mass is 15.4. The third kappa shape index (κ3) is 3.44. The molecular weight excluding hydrogens is 380 g/mol. The van der Waals surface area contributed by atoms with Gasteiger partial charge >= 0.3 is 0 Å². The number of para-hydroxylation sites is 1. The van der Waals surface area contributed by atoms with Gasteiger partial charge in [-0.05, 0) is 74.2 Å². The second-order valence-electron chi connectivity index (χ2n) is 8.35. The van der Waals surface area contributed by atoms with Crippen LogP contribution < -0.4 is 9.80 Å². The van der Waals surface area contributed by atoms with Crippen LogP contribution in [-0.2, 0) is 0 Å². The van der Waals surface area contributed by atoms with Gasteiger partial charge in [-0.25, -0.2) is 9.97 Å². The van der Waals surface area contributed by atoms with Crippen LogP contribution in [-0.4, -0.2) is 16.6 Å². The van der Waals surface area contributed by atoms with Crippen molar-refractivity contribution in [2.75, 3.05) is 16.5 Å². The molecule has 0 amide bonds. The Kier molecular flexibility index (Phi) is 4.70. The Morgan fingerprint density at radius 1 is 0.677 bits per heavy atom. The van der Waals surface area contributed by atoms with Crippen molar-refractivity contribution in [2.45, 2.75) is 27.7 Å². The monoisotopic (exact) mass is 406 g/mol. The van der Waals surface area contributed by atoms with Crippen molar-refractivity contribution in [3.63, 3.8) is 0 Å². The molecule has 1 aliphatic heterocycles. The Bertz CT molecular complexity index is 1220.